The van der Waals surface area contributed by atoms with Gasteiger partial charge in [0, 0.05) is 17.3 Å². The van der Waals surface area contributed by atoms with Crippen LogP contribution in [0.4, 0.5) is 5.82 Å². The summed E-state index contributed by atoms with van der Waals surface area (Å²) in [5.74, 6) is 0.787. The van der Waals surface area contributed by atoms with E-state index in [0.29, 0.717) is 5.02 Å². The number of hydrogen-bond donors (Lipinski definition) is 1. The van der Waals surface area contributed by atoms with E-state index in [-0.39, 0.29) is 0 Å². The van der Waals surface area contributed by atoms with Gasteiger partial charge in [-0.2, -0.15) is 0 Å². The molecule has 2 aromatic heterocycles. The van der Waals surface area contributed by atoms with Gasteiger partial charge in [-0.25, -0.2) is 9.97 Å². The molecule has 3 nitrogen and oxygen atoms in total. The lowest BCUT2D eigenvalue weighted by atomic mass is 10.4. The summed E-state index contributed by atoms with van der Waals surface area (Å²) < 4.78 is 0.862. The van der Waals surface area contributed by atoms with Gasteiger partial charge in [-0.05, 0) is 28.9 Å². The summed E-state index contributed by atoms with van der Waals surface area (Å²) >= 11 is 10.9. The summed E-state index contributed by atoms with van der Waals surface area (Å²) in [6, 6.07) is 1.81. The third-order valence-corrected chi connectivity index (χ3v) is 3.63. The van der Waals surface area contributed by atoms with Crippen LogP contribution in [0.25, 0.3) is 0 Å². The number of nitrogens with one attached hydrogen (secondary N) is 1. The largest absolute Gasteiger partial charge is 0.364 e. The normalized spacial score (nSPS) is 10.4. The third-order valence-electron chi connectivity index (χ3n) is 1.91. The van der Waals surface area contributed by atoms with Crippen LogP contribution >= 0.6 is 38.9 Å². The standard InChI is InChI=1S/C10H9BrClN3S/c1-6-13-4-8(16-6)5-15-10-9(11)2-7(12)3-14-10/h2-4H,5H2,1H3,(H,14,15). The lowest BCUT2D eigenvalue weighted by Crippen LogP contribution is -2.00. The predicted molar refractivity (Wildman–Crippen MR) is 71.1 cm³/mol. The van der Waals surface area contributed by atoms with Gasteiger partial charge in [0.15, 0.2) is 0 Å². The second-order valence-corrected chi connectivity index (χ2v) is 5.79. The lowest BCUT2D eigenvalue weighted by molar-refractivity contribution is 1.12. The fourth-order valence-corrected chi connectivity index (χ4v) is 2.72. The van der Waals surface area contributed by atoms with E-state index < -0.39 is 0 Å². The minimum atomic E-state index is 0.617. The van der Waals surface area contributed by atoms with Crippen molar-refractivity contribution in [3.63, 3.8) is 0 Å². The number of rotatable bonds is 3. The first-order valence-corrected chi connectivity index (χ1v) is 6.60. The molecular formula is C10H9BrClN3S. The molecule has 0 unspecified atom stereocenters. The molecule has 0 spiro atoms. The molecule has 0 atom stereocenters. The van der Waals surface area contributed by atoms with Crippen molar-refractivity contribution in [3.05, 3.63) is 37.8 Å². The van der Waals surface area contributed by atoms with Crippen molar-refractivity contribution in [2.45, 2.75) is 13.5 Å². The van der Waals surface area contributed by atoms with Gasteiger partial charge in [0.05, 0.1) is 21.0 Å². The van der Waals surface area contributed by atoms with Crippen LogP contribution in [-0.4, -0.2) is 9.97 Å². The molecule has 2 aromatic rings. The van der Waals surface area contributed by atoms with Crippen molar-refractivity contribution in [2.75, 3.05) is 5.32 Å². The van der Waals surface area contributed by atoms with E-state index in [1.807, 2.05) is 19.2 Å². The molecule has 2 heterocycles. The van der Waals surface area contributed by atoms with E-state index in [4.69, 9.17) is 11.6 Å². The Balaban J connectivity index is 2.04. The molecule has 0 saturated heterocycles. The topological polar surface area (TPSA) is 37.8 Å². The van der Waals surface area contributed by atoms with Crippen LogP contribution in [0.5, 0.6) is 0 Å². The molecule has 0 radical (unpaired) electrons. The zero-order valence-corrected chi connectivity index (χ0v) is 11.7. The van der Waals surface area contributed by atoms with Crippen molar-refractivity contribution in [1.82, 2.24) is 9.97 Å². The van der Waals surface area contributed by atoms with Gasteiger partial charge in [0.2, 0.25) is 0 Å². The maximum atomic E-state index is 5.81. The Morgan fingerprint density at radius 1 is 1.44 bits per heavy atom. The zero-order valence-electron chi connectivity index (χ0n) is 8.50. The third kappa shape index (κ3) is 2.93. The number of anilines is 1. The highest BCUT2D eigenvalue weighted by Gasteiger charge is 2.03. The first-order chi connectivity index (χ1) is 7.65. The van der Waals surface area contributed by atoms with Crippen LogP contribution in [0, 0.1) is 6.92 Å². The van der Waals surface area contributed by atoms with E-state index in [9.17, 15) is 0 Å². The number of aryl methyl sites for hydroxylation is 1. The van der Waals surface area contributed by atoms with Gasteiger partial charge in [-0.15, -0.1) is 11.3 Å². The monoisotopic (exact) mass is 317 g/mol. The van der Waals surface area contributed by atoms with Crippen LogP contribution in [0.1, 0.15) is 9.88 Å². The number of aromatic nitrogens is 2. The number of hydrogen-bond acceptors (Lipinski definition) is 4. The Hall–Kier alpha value is -0.650. The Bertz CT molecular complexity index is 501. The Morgan fingerprint density at radius 2 is 2.25 bits per heavy atom. The van der Waals surface area contributed by atoms with Crippen molar-refractivity contribution >= 4 is 44.7 Å². The highest BCUT2D eigenvalue weighted by molar-refractivity contribution is 9.10. The second kappa shape index (κ2) is 5.12. The molecule has 1 N–H and O–H groups in total. The number of pyridine rings is 1. The minimum absolute atomic E-state index is 0.617. The lowest BCUT2D eigenvalue weighted by Gasteiger charge is -2.05. The predicted octanol–water partition coefficient (Wildman–Crippen LogP) is 3.87. The Labute approximate surface area is 111 Å². The maximum absolute atomic E-state index is 5.81. The number of thiazole rings is 1. The van der Waals surface area contributed by atoms with Gasteiger partial charge < -0.3 is 5.32 Å². The van der Waals surface area contributed by atoms with Gasteiger partial charge in [-0.3, -0.25) is 0 Å². The fourth-order valence-electron chi connectivity index (χ4n) is 1.20. The minimum Gasteiger partial charge on any atom is -0.364 e. The van der Waals surface area contributed by atoms with Crippen LogP contribution in [0.15, 0.2) is 22.9 Å². The van der Waals surface area contributed by atoms with E-state index in [2.05, 4.69) is 31.2 Å². The molecular weight excluding hydrogens is 310 g/mol. The van der Waals surface area contributed by atoms with Gasteiger partial charge in [-0.1, -0.05) is 11.6 Å². The SMILES string of the molecule is Cc1ncc(CNc2ncc(Cl)cc2Br)s1. The molecule has 0 fully saturated rings. The van der Waals surface area contributed by atoms with Crippen molar-refractivity contribution in [3.8, 4) is 0 Å². The van der Waals surface area contributed by atoms with Crippen LogP contribution in [0.2, 0.25) is 5.02 Å². The quantitative estimate of drug-likeness (QED) is 0.933. The molecule has 0 aliphatic carbocycles. The summed E-state index contributed by atoms with van der Waals surface area (Å²) in [5, 5.41) is 4.91. The number of halogens is 2. The van der Waals surface area contributed by atoms with Crippen LogP contribution < -0.4 is 5.32 Å². The Morgan fingerprint density at radius 3 is 2.88 bits per heavy atom. The highest BCUT2D eigenvalue weighted by atomic mass is 79.9. The Kier molecular flexibility index (Phi) is 3.78. The van der Waals surface area contributed by atoms with Gasteiger partial charge in [0.1, 0.15) is 5.82 Å². The molecule has 2 rings (SSSR count). The second-order valence-electron chi connectivity index (χ2n) is 3.18. The maximum Gasteiger partial charge on any atom is 0.140 e. The van der Waals surface area contributed by atoms with Gasteiger partial charge in [0.25, 0.3) is 0 Å². The van der Waals surface area contributed by atoms with E-state index in [1.54, 1.807) is 17.5 Å². The van der Waals surface area contributed by atoms with Gasteiger partial charge >= 0.3 is 0 Å². The highest BCUT2D eigenvalue weighted by Crippen LogP contribution is 2.24. The summed E-state index contributed by atoms with van der Waals surface area (Å²) in [7, 11) is 0. The molecule has 0 aliphatic rings. The fraction of sp³-hybridized carbons (Fsp3) is 0.200. The molecule has 0 aliphatic heterocycles. The average molecular weight is 319 g/mol. The zero-order chi connectivity index (χ0) is 11.5. The molecule has 0 saturated carbocycles. The molecule has 84 valence electrons. The van der Waals surface area contributed by atoms with Crippen LogP contribution in [-0.2, 0) is 6.54 Å². The van der Waals surface area contributed by atoms with Crippen molar-refractivity contribution < 1.29 is 0 Å². The molecule has 6 heteroatoms. The molecule has 16 heavy (non-hydrogen) atoms. The first kappa shape index (κ1) is 11.8. The summed E-state index contributed by atoms with van der Waals surface area (Å²) in [4.78, 5) is 9.57. The first-order valence-electron chi connectivity index (χ1n) is 4.61. The van der Waals surface area contributed by atoms with E-state index in [0.717, 1.165) is 21.8 Å². The summed E-state index contributed by atoms with van der Waals surface area (Å²) in [5.41, 5.74) is 0. The summed E-state index contributed by atoms with van der Waals surface area (Å²) in [6.07, 6.45) is 3.49. The van der Waals surface area contributed by atoms with E-state index in [1.165, 1.54) is 4.88 Å². The van der Waals surface area contributed by atoms with Crippen molar-refractivity contribution in [1.29, 1.82) is 0 Å². The molecule has 0 aromatic carbocycles. The van der Waals surface area contributed by atoms with E-state index >= 15 is 0 Å². The molecule has 0 amide bonds. The smallest absolute Gasteiger partial charge is 0.140 e. The average Bonchev–Trinajstić information content (AvgIpc) is 2.63. The summed E-state index contributed by atoms with van der Waals surface area (Å²) in [6.45, 7) is 2.71. The van der Waals surface area contributed by atoms with Crippen LogP contribution in [0.3, 0.4) is 0 Å². The number of nitrogens with zero attached hydrogens (tertiary/aromatic N) is 2. The van der Waals surface area contributed by atoms with Crippen molar-refractivity contribution in [2.24, 2.45) is 0 Å². The molecule has 0 bridgehead atoms.